The number of rotatable bonds is 4. The fraction of sp³-hybridized carbons (Fsp3) is 0.0462. The van der Waals surface area contributed by atoms with Gasteiger partial charge in [0.1, 0.15) is 0 Å². The predicted molar refractivity (Wildman–Crippen MR) is 280 cm³/mol. The van der Waals surface area contributed by atoms with Crippen molar-refractivity contribution in [3.63, 3.8) is 0 Å². The van der Waals surface area contributed by atoms with Gasteiger partial charge in [-0.2, -0.15) is 0 Å². The Morgan fingerprint density at radius 1 is 0.323 bits per heavy atom. The molecular weight excluding hydrogens is 781 g/mol. The molecule has 13 aromatic rings. The molecule has 0 aromatic heterocycles. The molecule has 15 rings (SSSR count). The maximum absolute atomic E-state index is 2.53. The quantitative estimate of drug-likeness (QED) is 0.166. The van der Waals surface area contributed by atoms with Gasteiger partial charge in [-0.05, 0) is 177 Å². The Morgan fingerprint density at radius 3 is 1.23 bits per heavy atom. The van der Waals surface area contributed by atoms with E-state index in [1.807, 2.05) is 0 Å². The SMILES string of the molecule is CC1C=CC(c2c3c(-c4ccccc4)c4c5ccc6c7c(ccc(c4c(-c4ccccc4)c3c(-c3ccccc3)c3c4cccc8cccc(c23)c84)c75)-c2cc3ccccc3cc2-6)=CC1. The van der Waals surface area contributed by atoms with E-state index in [0.717, 1.165) is 6.42 Å². The summed E-state index contributed by atoms with van der Waals surface area (Å²) in [5.74, 6) is 0.478. The average molecular weight is 821 g/mol. The zero-order valence-electron chi connectivity index (χ0n) is 35.9. The number of hydrogen-bond donors (Lipinski definition) is 0. The Morgan fingerprint density at radius 2 is 0.754 bits per heavy atom. The van der Waals surface area contributed by atoms with Crippen molar-refractivity contribution in [1.29, 1.82) is 0 Å². The van der Waals surface area contributed by atoms with Gasteiger partial charge in [0.15, 0.2) is 0 Å². The van der Waals surface area contributed by atoms with E-state index in [9.17, 15) is 0 Å². The Bertz CT molecular complexity index is 4170. The van der Waals surface area contributed by atoms with Crippen molar-refractivity contribution in [1.82, 2.24) is 0 Å². The fourth-order valence-corrected chi connectivity index (χ4v) is 12.5. The third-order valence-electron chi connectivity index (χ3n) is 15.1. The Hall–Kier alpha value is -8.06. The van der Waals surface area contributed by atoms with Gasteiger partial charge in [0.05, 0.1) is 0 Å². The number of fused-ring (bicyclic) bond motifs is 11. The molecular formula is C65H40. The van der Waals surface area contributed by atoms with Crippen LogP contribution in [0.15, 0.2) is 206 Å². The molecule has 0 N–H and O–H groups in total. The highest BCUT2D eigenvalue weighted by Gasteiger charge is 2.33. The molecule has 1 unspecified atom stereocenters. The topological polar surface area (TPSA) is 0 Å². The van der Waals surface area contributed by atoms with E-state index in [1.54, 1.807) is 0 Å². The largest absolute Gasteiger partial charge is 0.0808 e. The maximum Gasteiger partial charge on any atom is -0.0000930 e. The average Bonchev–Trinajstić information content (AvgIpc) is 3.99. The smallest absolute Gasteiger partial charge is 0.0000930 e. The van der Waals surface area contributed by atoms with Crippen molar-refractivity contribution in [2.45, 2.75) is 13.3 Å². The maximum atomic E-state index is 2.53. The Balaban J connectivity index is 1.28. The molecule has 0 aliphatic heterocycles. The molecule has 0 saturated carbocycles. The third-order valence-corrected chi connectivity index (χ3v) is 15.1. The molecule has 0 spiro atoms. The second kappa shape index (κ2) is 13.0. The van der Waals surface area contributed by atoms with Gasteiger partial charge in [-0.3, -0.25) is 0 Å². The van der Waals surface area contributed by atoms with E-state index in [0.29, 0.717) is 5.92 Å². The number of benzene rings is 11. The molecule has 300 valence electrons. The van der Waals surface area contributed by atoms with Crippen LogP contribution in [0.4, 0.5) is 0 Å². The van der Waals surface area contributed by atoms with Crippen molar-refractivity contribution in [2.24, 2.45) is 5.92 Å². The van der Waals surface area contributed by atoms with Gasteiger partial charge in [-0.25, -0.2) is 0 Å². The molecule has 1 atom stereocenters. The molecule has 13 aromatic carbocycles. The summed E-state index contributed by atoms with van der Waals surface area (Å²) >= 11 is 0. The molecule has 65 heavy (non-hydrogen) atoms. The van der Waals surface area contributed by atoms with Crippen molar-refractivity contribution in [3.05, 3.63) is 212 Å². The van der Waals surface area contributed by atoms with Crippen LogP contribution in [0, 0.1) is 5.92 Å². The van der Waals surface area contributed by atoms with E-state index in [4.69, 9.17) is 0 Å². The highest BCUT2D eigenvalue weighted by Crippen LogP contribution is 2.61. The lowest BCUT2D eigenvalue weighted by Crippen LogP contribution is -2.00. The van der Waals surface area contributed by atoms with E-state index in [-0.39, 0.29) is 0 Å². The normalized spacial score (nSPS) is 14.7. The zero-order valence-corrected chi connectivity index (χ0v) is 35.9. The van der Waals surface area contributed by atoms with Crippen molar-refractivity contribution >= 4 is 91.8 Å². The second-order valence-corrected chi connectivity index (χ2v) is 18.6. The Kier molecular flexibility index (Phi) is 7.08. The first-order chi connectivity index (χ1) is 32.2. The van der Waals surface area contributed by atoms with Crippen LogP contribution in [0.2, 0.25) is 0 Å². The van der Waals surface area contributed by atoms with Crippen LogP contribution in [-0.2, 0) is 0 Å². The summed E-state index contributed by atoms with van der Waals surface area (Å²) in [6, 6.07) is 71.4. The highest BCUT2D eigenvalue weighted by atomic mass is 14.4. The van der Waals surface area contributed by atoms with Gasteiger partial charge in [0, 0.05) is 0 Å². The minimum atomic E-state index is 0.478. The molecule has 0 amide bonds. The summed E-state index contributed by atoms with van der Waals surface area (Å²) in [6.45, 7) is 2.34. The van der Waals surface area contributed by atoms with Crippen LogP contribution < -0.4 is 0 Å². The summed E-state index contributed by atoms with van der Waals surface area (Å²) in [4.78, 5) is 0. The lowest BCUT2D eigenvalue weighted by Gasteiger charge is -2.25. The van der Waals surface area contributed by atoms with Crippen LogP contribution in [-0.4, -0.2) is 0 Å². The van der Waals surface area contributed by atoms with Gasteiger partial charge >= 0.3 is 0 Å². The molecule has 0 saturated heterocycles. The number of allylic oxidation sites excluding steroid dienone is 4. The van der Waals surface area contributed by atoms with Gasteiger partial charge in [0.25, 0.3) is 0 Å². The van der Waals surface area contributed by atoms with Crippen LogP contribution in [0.5, 0.6) is 0 Å². The van der Waals surface area contributed by atoms with E-state index < -0.39 is 0 Å². The minimum absolute atomic E-state index is 0.478. The van der Waals surface area contributed by atoms with Gasteiger partial charge in [0.2, 0.25) is 0 Å². The van der Waals surface area contributed by atoms with Gasteiger partial charge < -0.3 is 0 Å². The van der Waals surface area contributed by atoms with Crippen molar-refractivity contribution < 1.29 is 0 Å². The molecule has 2 aliphatic rings. The van der Waals surface area contributed by atoms with Crippen LogP contribution in [0.3, 0.4) is 0 Å². The monoisotopic (exact) mass is 820 g/mol. The Labute approximate surface area is 376 Å². The molecule has 0 heteroatoms. The van der Waals surface area contributed by atoms with Gasteiger partial charge in [-0.1, -0.05) is 201 Å². The lowest BCUT2D eigenvalue weighted by molar-refractivity contribution is 0.739. The summed E-state index contributed by atoms with van der Waals surface area (Å²) < 4.78 is 0. The number of hydrogen-bond acceptors (Lipinski definition) is 0. The lowest BCUT2D eigenvalue weighted by atomic mass is 9.77. The highest BCUT2D eigenvalue weighted by molar-refractivity contribution is 6.47. The fourth-order valence-electron chi connectivity index (χ4n) is 12.5. The second-order valence-electron chi connectivity index (χ2n) is 18.6. The van der Waals surface area contributed by atoms with Crippen molar-refractivity contribution in [3.8, 4) is 55.6 Å². The van der Waals surface area contributed by atoms with Crippen LogP contribution in [0.1, 0.15) is 18.9 Å². The van der Waals surface area contributed by atoms with E-state index in [1.165, 1.54) is 153 Å². The van der Waals surface area contributed by atoms with Crippen LogP contribution >= 0.6 is 0 Å². The summed E-state index contributed by atoms with van der Waals surface area (Å²) in [5, 5.41) is 21.3. The first kappa shape index (κ1) is 35.4. The third kappa shape index (κ3) is 4.66. The van der Waals surface area contributed by atoms with E-state index >= 15 is 0 Å². The summed E-state index contributed by atoms with van der Waals surface area (Å²) in [5.41, 5.74) is 15.6. The zero-order chi connectivity index (χ0) is 42.5. The first-order valence-corrected chi connectivity index (χ1v) is 23.2. The van der Waals surface area contributed by atoms with E-state index in [2.05, 4.69) is 213 Å². The first-order valence-electron chi connectivity index (χ1n) is 23.2. The van der Waals surface area contributed by atoms with Gasteiger partial charge in [-0.15, -0.1) is 0 Å². The van der Waals surface area contributed by atoms with Crippen molar-refractivity contribution in [2.75, 3.05) is 0 Å². The molecule has 0 bridgehead atoms. The summed E-state index contributed by atoms with van der Waals surface area (Å²) in [6.07, 6.45) is 8.41. The molecule has 0 nitrogen and oxygen atoms in total. The molecule has 0 heterocycles. The predicted octanol–water partition coefficient (Wildman–Crippen LogP) is 18.4. The molecule has 2 aliphatic carbocycles. The minimum Gasteiger partial charge on any atom is -0.0808 e. The summed E-state index contributed by atoms with van der Waals surface area (Å²) in [7, 11) is 0. The standard InChI is InChI=1S/C65H40/c1-37-27-29-42(30-28-37)57-61-48-26-14-24-38-23-13-25-47(53(38)48)60(61)54(39-15-5-2-6-16-39)64-55(40-17-7-3-8-18-40)62-49-33-31-45-51-35-43-21-11-12-22-44(43)36-52(51)46-32-34-50(59(49)58(45)46)63(62)56(65(57)64)41-19-9-4-10-20-41/h2-27,29-37H,28H2,1H3. The molecule has 0 radical (unpaired) electrons. The van der Waals surface area contributed by atoms with Crippen LogP contribution in [0.25, 0.3) is 147 Å². The molecule has 0 fully saturated rings.